The zero-order chi connectivity index (χ0) is 18.2. The average molecular weight is 332 g/mol. The molecule has 0 radical (unpaired) electrons. The quantitative estimate of drug-likeness (QED) is 0.738. The number of rotatable bonds is 9. The first-order valence-corrected chi connectivity index (χ1v) is 8.39. The topological polar surface area (TPSA) is 71.3 Å². The van der Waals surface area contributed by atoms with Gasteiger partial charge >= 0.3 is 0 Å². The normalized spacial score (nSPS) is 13.2. The number of carbonyl (C=O) groups excluding carboxylic acids is 1. The first kappa shape index (κ1) is 20.0. The summed E-state index contributed by atoms with van der Waals surface area (Å²) >= 11 is 0. The molecule has 1 amide bonds. The van der Waals surface area contributed by atoms with Gasteiger partial charge in [0.1, 0.15) is 17.4 Å². The summed E-state index contributed by atoms with van der Waals surface area (Å²) in [7, 11) is 1.53. The summed E-state index contributed by atoms with van der Waals surface area (Å²) in [4.78, 5) is 12.6. The van der Waals surface area contributed by atoms with Gasteiger partial charge in [0.15, 0.2) is 0 Å². The Bertz CT molecular complexity index is 593. The van der Waals surface area contributed by atoms with Gasteiger partial charge in [0.25, 0.3) is 5.91 Å². The lowest BCUT2D eigenvalue weighted by atomic mass is 9.97. The van der Waals surface area contributed by atoms with Gasteiger partial charge in [-0.25, -0.2) is 0 Å². The summed E-state index contributed by atoms with van der Waals surface area (Å²) in [5, 5.41) is 12.2. The van der Waals surface area contributed by atoms with Crippen LogP contribution in [0.5, 0.6) is 5.75 Å². The Labute approximate surface area is 145 Å². The number of nitrogens with one attached hydrogen (secondary N) is 1. The molecule has 24 heavy (non-hydrogen) atoms. The Morgan fingerprint density at radius 2 is 2.12 bits per heavy atom. The van der Waals surface area contributed by atoms with Crippen molar-refractivity contribution in [2.75, 3.05) is 19.0 Å². The van der Waals surface area contributed by atoms with E-state index >= 15 is 0 Å². The molecule has 1 aromatic carbocycles. The molecule has 0 aliphatic heterocycles. The molecule has 5 nitrogen and oxygen atoms in total. The third-order valence-corrected chi connectivity index (χ3v) is 3.88. The van der Waals surface area contributed by atoms with Gasteiger partial charge in [-0.3, -0.25) is 4.79 Å². The summed E-state index contributed by atoms with van der Waals surface area (Å²) in [6.07, 6.45) is 2.51. The highest BCUT2D eigenvalue weighted by Crippen LogP contribution is 2.25. The Hall–Kier alpha value is -2.06. The summed E-state index contributed by atoms with van der Waals surface area (Å²) in [5.41, 5.74) is -0.0621. The number of nitrogens with zero attached hydrogens (tertiary/aromatic N) is 1. The zero-order valence-electron chi connectivity index (χ0n) is 15.3. The lowest BCUT2D eigenvalue weighted by Crippen LogP contribution is -2.42. The summed E-state index contributed by atoms with van der Waals surface area (Å²) in [6, 6.07) is 7.21. The van der Waals surface area contributed by atoms with Crippen LogP contribution in [-0.2, 0) is 9.53 Å². The van der Waals surface area contributed by atoms with Crippen LogP contribution in [0.3, 0.4) is 0 Å². The molecule has 0 fully saturated rings. The number of ether oxygens (including phenoxy) is 2. The minimum absolute atomic E-state index is 0.245. The fourth-order valence-electron chi connectivity index (χ4n) is 2.15. The van der Waals surface area contributed by atoms with E-state index in [1.165, 1.54) is 7.11 Å². The molecule has 1 aromatic rings. The molecule has 0 aromatic heterocycles. The van der Waals surface area contributed by atoms with Crippen LogP contribution >= 0.6 is 0 Å². The van der Waals surface area contributed by atoms with E-state index in [-0.39, 0.29) is 5.91 Å². The van der Waals surface area contributed by atoms with Crippen molar-refractivity contribution in [2.45, 2.75) is 52.6 Å². The maximum absolute atomic E-state index is 12.6. The molecule has 1 N–H and O–H groups in total. The number of benzene rings is 1. The van der Waals surface area contributed by atoms with Crippen LogP contribution in [0, 0.1) is 17.2 Å². The average Bonchev–Trinajstić information content (AvgIpc) is 2.58. The van der Waals surface area contributed by atoms with Gasteiger partial charge in [-0.15, -0.1) is 0 Å². The lowest BCUT2D eigenvalue weighted by Gasteiger charge is -2.27. The maximum atomic E-state index is 12.6. The third kappa shape index (κ3) is 5.54. The minimum atomic E-state index is -0.907. The molecule has 0 unspecified atom stereocenters. The molecule has 1 rings (SSSR count). The number of carbonyl (C=O) groups is 1. The molecule has 0 saturated carbocycles. The molecule has 5 heteroatoms. The van der Waals surface area contributed by atoms with Gasteiger partial charge < -0.3 is 14.8 Å². The van der Waals surface area contributed by atoms with Gasteiger partial charge in [-0.1, -0.05) is 33.6 Å². The van der Waals surface area contributed by atoms with E-state index in [9.17, 15) is 10.1 Å². The second-order valence-electron chi connectivity index (χ2n) is 6.52. The number of methoxy groups -OCH3 is 1. The van der Waals surface area contributed by atoms with Crippen molar-refractivity contribution in [1.82, 2.24) is 0 Å². The summed E-state index contributed by atoms with van der Waals surface area (Å²) in [5.74, 6) is 0.778. The Kier molecular flexibility index (Phi) is 7.73. The van der Waals surface area contributed by atoms with Crippen LogP contribution in [0.15, 0.2) is 18.2 Å². The Balaban J connectivity index is 2.90. The van der Waals surface area contributed by atoms with Crippen molar-refractivity contribution >= 4 is 11.6 Å². The smallest absolute Gasteiger partial charge is 0.256 e. The highest BCUT2D eigenvalue weighted by Gasteiger charge is 2.32. The summed E-state index contributed by atoms with van der Waals surface area (Å²) in [6.45, 7) is 8.53. The number of unbranched alkanes of at least 4 members (excludes halogenated alkanes) is 1. The molecule has 132 valence electrons. The third-order valence-electron chi connectivity index (χ3n) is 3.88. The van der Waals surface area contributed by atoms with Crippen LogP contribution in [0.25, 0.3) is 0 Å². The SMILES string of the molecule is CCCC[C@](C)(OC)C(=O)Nc1ccc(OCC(C)C)cc1C#N. The fourth-order valence-corrected chi connectivity index (χ4v) is 2.15. The predicted octanol–water partition coefficient (Wildman–Crippen LogP) is 4.13. The second-order valence-corrected chi connectivity index (χ2v) is 6.52. The molecular formula is C19H28N2O3. The molecule has 0 aliphatic carbocycles. The van der Waals surface area contributed by atoms with Crippen molar-refractivity contribution < 1.29 is 14.3 Å². The number of nitriles is 1. The zero-order valence-corrected chi connectivity index (χ0v) is 15.3. The van der Waals surface area contributed by atoms with Gasteiger partial charge in [0, 0.05) is 7.11 Å². The minimum Gasteiger partial charge on any atom is -0.493 e. The number of hydrogen-bond donors (Lipinski definition) is 1. The highest BCUT2D eigenvalue weighted by atomic mass is 16.5. The fraction of sp³-hybridized carbons (Fsp3) is 0.579. The van der Waals surface area contributed by atoms with Crippen LogP contribution in [0.2, 0.25) is 0 Å². The highest BCUT2D eigenvalue weighted by molar-refractivity contribution is 5.98. The van der Waals surface area contributed by atoms with Gasteiger partial charge in [-0.2, -0.15) is 5.26 Å². The summed E-state index contributed by atoms with van der Waals surface area (Å²) < 4.78 is 11.0. The van der Waals surface area contributed by atoms with E-state index in [0.717, 1.165) is 12.8 Å². The van der Waals surface area contributed by atoms with Crippen molar-refractivity contribution in [3.8, 4) is 11.8 Å². The van der Waals surface area contributed by atoms with Gasteiger partial charge in [0.2, 0.25) is 0 Å². The van der Waals surface area contributed by atoms with E-state index in [4.69, 9.17) is 9.47 Å². The maximum Gasteiger partial charge on any atom is 0.256 e. The molecule has 1 atom stereocenters. The molecule has 0 saturated heterocycles. The Morgan fingerprint density at radius 3 is 2.67 bits per heavy atom. The lowest BCUT2D eigenvalue weighted by molar-refractivity contribution is -0.136. The van der Waals surface area contributed by atoms with E-state index in [1.807, 2.05) is 0 Å². The first-order valence-electron chi connectivity index (χ1n) is 8.39. The van der Waals surface area contributed by atoms with Gasteiger partial charge in [-0.05, 0) is 37.5 Å². The standard InChI is InChI=1S/C19H28N2O3/c1-6-7-10-19(4,23-5)18(22)21-17-9-8-16(11-15(17)12-20)24-13-14(2)3/h8-9,11,14H,6-7,10,13H2,1-5H3,(H,21,22)/t19-/m0/s1. The number of amides is 1. The van der Waals surface area contributed by atoms with E-state index in [1.54, 1.807) is 25.1 Å². The molecular weight excluding hydrogens is 304 g/mol. The molecule has 0 aliphatic rings. The van der Waals surface area contributed by atoms with Crippen LogP contribution in [-0.4, -0.2) is 25.2 Å². The number of anilines is 1. The van der Waals surface area contributed by atoms with Crippen LogP contribution < -0.4 is 10.1 Å². The Morgan fingerprint density at radius 1 is 1.42 bits per heavy atom. The molecule has 0 bridgehead atoms. The monoisotopic (exact) mass is 332 g/mol. The van der Waals surface area contributed by atoms with E-state index in [2.05, 4.69) is 32.2 Å². The van der Waals surface area contributed by atoms with Crippen molar-refractivity contribution in [3.63, 3.8) is 0 Å². The van der Waals surface area contributed by atoms with E-state index < -0.39 is 5.60 Å². The van der Waals surface area contributed by atoms with Crippen molar-refractivity contribution in [2.24, 2.45) is 5.92 Å². The van der Waals surface area contributed by atoms with Crippen molar-refractivity contribution in [3.05, 3.63) is 23.8 Å². The van der Waals surface area contributed by atoms with Gasteiger partial charge in [0.05, 0.1) is 17.9 Å². The first-order chi connectivity index (χ1) is 11.4. The van der Waals surface area contributed by atoms with Crippen LogP contribution in [0.1, 0.15) is 52.5 Å². The predicted molar refractivity (Wildman–Crippen MR) is 95.1 cm³/mol. The molecule has 0 spiro atoms. The van der Waals surface area contributed by atoms with Crippen LogP contribution in [0.4, 0.5) is 5.69 Å². The largest absolute Gasteiger partial charge is 0.493 e. The van der Waals surface area contributed by atoms with E-state index in [0.29, 0.717) is 35.9 Å². The molecule has 0 heterocycles. The van der Waals surface area contributed by atoms with Crippen molar-refractivity contribution in [1.29, 1.82) is 5.26 Å². The number of hydrogen-bond acceptors (Lipinski definition) is 4. The second kappa shape index (κ2) is 9.29.